The van der Waals surface area contributed by atoms with Gasteiger partial charge in [0.05, 0.1) is 0 Å². The summed E-state index contributed by atoms with van der Waals surface area (Å²) in [6, 6.07) is 0.293. The first-order valence-corrected chi connectivity index (χ1v) is 3.89. The van der Waals surface area contributed by atoms with E-state index < -0.39 is 0 Å². The molecule has 1 unspecified atom stereocenters. The summed E-state index contributed by atoms with van der Waals surface area (Å²) in [5.41, 5.74) is 5.09. The number of amides is 1. The molecule has 11 heavy (non-hydrogen) atoms. The van der Waals surface area contributed by atoms with Crippen molar-refractivity contribution in [3.05, 3.63) is 0 Å². The van der Waals surface area contributed by atoms with Crippen LogP contribution in [0.2, 0.25) is 0 Å². The molecule has 0 bridgehead atoms. The van der Waals surface area contributed by atoms with Crippen LogP contribution in [0.15, 0.2) is 0 Å². The molecule has 0 aromatic heterocycles. The molecular weight excluding hydrogens is 142 g/mol. The summed E-state index contributed by atoms with van der Waals surface area (Å²) in [4.78, 5) is 12.7. The number of hydrogen-bond acceptors (Lipinski definition) is 3. The average molecular weight is 157 g/mol. The number of carbonyl (C=O) groups excluding carboxylic acids is 1. The van der Waals surface area contributed by atoms with E-state index in [0.29, 0.717) is 12.5 Å². The number of nitrogens with two attached hydrogens (primary N) is 1. The van der Waals surface area contributed by atoms with Crippen molar-refractivity contribution in [1.82, 2.24) is 10.2 Å². The summed E-state index contributed by atoms with van der Waals surface area (Å²) < 4.78 is 0. The third-order valence-electron chi connectivity index (χ3n) is 2.08. The predicted octanol–water partition coefficient (Wildman–Crippen LogP) is -1.23. The Hall–Kier alpha value is -0.610. The Kier molecular flexibility index (Phi) is 2.84. The molecule has 0 radical (unpaired) electrons. The number of likely N-dealkylation sites (N-methyl/N-ethyl adjacent to an activating group) is 1. The quantitative estimate of drug-likeness (QED) is 0.527. The standard InChI is InChI=1S/C7H15N3O/c1-10-3-2-9-5-6(10)4-7(8)11/h6,9H,2-5H2,1H3,(H2,8,11). The molecule has 0 spiro atoms. The van der Waals surface area contributed by atoms with E-state index >= 15 is 0 Å². The van der Waals surface area contributed by atoms with E-state index in [1.807, 2.05) is 7.05 Å². The van der Waals surface area contributed by atoms with E-state index in [4.69, 9.17) is 5.73 Å². The first-order valence-electron chi connectivity index (χ1n) is 3.89. The smallest absolute Gasteiger partial charge is 0.219 e. The fourth-order valence-electron chi connectivity index (χ4n) is 1.32. The Balaban J connectivity index is 2.35. The molecule has 1 saturated heterocycles. The molecule has 4 nitrogen and oxygen atoms in total. The number of nitrogens with one attached hydrogen (secondary N) is 1. The number of piperazine rings is 1. The third kappa shape index (κ3) is 2.48. The van der Waals surface area contributed by atoms with Crippen LogP contribution in [0.5, 0.6) is 0 Å². The summed E-state index contributed by atoms with van der Waals surface area (Å²) in [6.45, 7) is 2.88. The third-order valence-corrected chi connectivity index (χ3v) is 2.08. The van der Waals surface area contributed by atoms with Crippen molar-refractivity contribution in [2.45, 2.75) is 12.5 Å². The molecule has 3 N–H and O–H groups in total. The van der Waals surface area contributed by atoms with Gasteiger partial charge in [-0.05, 0) is 7.05 Å². The summed E-state index contributed by atoms with van der Waals surface area (Å²) in [5, 5.41) is 3.22. The molecule has 0 aromatic rings. The number of nitrogens with zero attached hydrogens (tertiary/aromatic N) is 1. The van der Waals surface area contributed by atoms with Crippen molar-refractivity contribution in [1.29, 1.82) is 0 Å². The van der Waals surface area contributed by atoms with E-state index in [-0.39, 0.29) is 5.91 Å². The van der Waals surface area contributed by atoms with Gasteiger partial charge in [0.25, 0.3) is 0 Å². The van der Waals surface area contributed by atoms with Gasteiger partial charge < -0.3 is 16.0 Å². The van der Waals surface area contributed by atoms with Crippen molar-refractivity contribution in [2.24, 2.45) is 5.73 Å². The first kappa shape index (κ1) is 8.49. The summed E-state index contributed by atoms with van der Waals surface area (Å²) in [5.74, 6) is -0.217. The molecule has 64 valence electrons. The second kappa shape index (κ2) is 3.69. The lowest BCUT2D eigenvalue weighted by Gasteiger charge is -2.32. The highest BCUT2D eigenvalue weighted by Gasteiger charge is 2.19. The van der Waals surface area contributed by atoms with Gasteiger partial charge in [0.15, 0.2) is 0 Å². The molecule has 0 aliphatic carbocycles. The highest BCUT2D eigenvalue weighted by atomic mass is 16.1. The minimum absolute atomic E-state index is 0.217. The summed E-state index contributed by atoms with van der Waals surface area (Å²) in [7, 11) is 2.02. The molecule has 1 aliphatic rings. The monoisotopic (exact) mass is 157 g/mol. The largest absolute Gasteiger partial charge is 0.370 e. The summed E-state index contributed by atoms with van der Waals surface area (Å²) >= 11 is 0. The maximum atomic E-state index is 10.6. The lowest BCUT2D eigenvalue weighted by Crippen LogP contribution is -2.50. The van der Waals surface area contributed by atoms with E-state index in [1.165, 1.54) is 0 Å². The van der Waals surface area contributed by atoms with Crippen LogP contribution in [0.25, 0.3) is 0 Å². The molecule has 1 aliphatic heterocycles. The Morgan fingerprint density at radius 1 is 1.82 bits per heavy atom. The zero-order valence-electron chi connectivity index (χ0n) is 6.84. The lowest BCUT2D eigenvalue weighted by atomic mass is 10.1. The van der Waals surface area contributed by atoms with Gasteiger partial charge in [0, 0.05) is 32.1 Å². The Labute approximate surface area is 66.7 Å². The minimum Gasteiger partial charge on any atom is -0.370 e. The van der Waals surface area contributed by atoms with E-state index in [0.717, 1.165) is 19.6 Å². The number of primary amides is 1. The van der Waals surface area contributed by atoms with Gasteiger partial charge in [-0.2, -0.15) is 0 Å². The molecular formula is C7H15N3O. The van der Waals surface area contributed by atoms with Gasteiger partial charge in [-0.3, -0.25) is 4.79 Å². The molecule has 1 fully saturated rings. The van der Waals surface area contributed by atoms with Crippen LogP contribution in [0.3, 0.4) is 0 Å². The Bertz CT molecular complexity index is 149. The molecule has 4 heteroatoms. The van der Waals surface area contributed by atoms with Crippen molar-refractivity contribution >= 4 is 5.91 Å². The van der Waals surface area contributed by atoms with Gasteiger partial charge >= 0.3 is 0 Å². The van der Waals surface area contributed by atoms with Gasteiger partial charge in [-0.15, -0.1) is 0 Å². The van der Waals surface area contributed by atoms with Gasteiger partial charge in [0.2, 0.25) is 5.91 Å². The lowest BCUT2D eigenvalue weighted by molar-refractivity contribution is -0.119. The van der Waals surface area contributed by atoms with Crippen molar-refractivity contribution in [2.75, 3.05) is 26.7 Å². The molecule has 0 saturated carbocycles. The van der Waals surface area contributed by atoms with Crippen molar-refractivity contribution < 1.29 is 4.79 Å². The predicted molar refractivity (Wildman–Crippen MR) is 43.1 cm³/mol. The number of carbonyl (C=O) groups is 1. The van der Waals surface area contributed by atoms with Crippen LogP contribution < -0.4 is 11.1 Å². The van der Waals surface area contributed by atoms with E-state index in [2.05, 4.69) is 10.2 Å². The van der Waals surface area contributed by atoms with Crippen LogP contribution in [-0.4, -0.2) is 43.5 Å². The molecule has 1 atom stereocenters. The van der Waals surface area contributed by atoms with Crippen LogP contribution in [0.4, 0.5) is 0 Å². The fraction of sp³-hybridized carbons (Fsp3) is 0.857. The average Bonchev–Trinajstić information content (AvgIpc) is 1.93. The molecule has 1 amide bonds. The van der Waals surface area contributed by atoms with E-state index in [1.54, 1.807) is 0 Å². The topological polar surface area (TPSA) is 58.4 Å². The van der Waals surface area contributed by atoms with Crippen LogP contribution >= 0.6 is 0 Å². The number of hydrogen-bond donors (Lipinski definition) is 2. The maximum absolute atomic E-state index is 10.6. The maximum Gasteiger partial charge on any atom is 0.219 e. The second-order valence-corrected chi connectivity index (χ2v) is 3.01. The Morgan fingerprint density at radius 2 is 2.55 bits per heavy atom. The molecule has 0 aromatic carbocycles. The SMILES string of the molecule is CN1CCNCC1CC(N)=O. The highest BCUT2D eigenvalue weighted by molar-refractivity contribution is 5.74. The van der Waals surface area contributed by atoms with Crippen LogP contribution in [-0.2, 0) is 4.79 Å². The van der Waals surface area contributed by atoms with Crippen LogP contribution in [0, 0.1) is 0 Å². The Morgan fingerprint density at radius 3 is 3.09 bits per heavy atom. The fourth-order valence-corrected chi connectivity index (χ4v) is 1.32. The van der Waals surface area contributed by atoms with Gasteiger partial charge in [-0.1, -0.05) is 0 Å². The van der Waals surface area contributed by atoms with Gasteiger partial charge in [-0.25, -0.2) is 0 Å². The number of rotatable bonds is 2. The summed E-state index contributed by atoms with van der Waals surface area (Å²) in [6.07, 6.45) is 0.462. The van der Waals surface area contributed by atoms with E-state index in [9.17, 15) is 4.79 Å². The highest BCUT2D eigenvalue weighted by Crippen LogP contribution is 2.02. The first-order chi connectivity index (χ1) is 5.20. The van der Waals surface area contributed by atoms with Gasteiger partial charge in [0.1, 0.15) is 0 Å². The minimum atomic E-state index is -0.217. The molecule has 1 heterocycles. The molecule has 1 rings (SSSR count). The van der Waals surface area contributed by atoms with Crippen molar-refractivity contribution in [3.8, 4) is 0 Å². The second-order valence-electron chi connectivity index (χ2n) is 3.01. The van der Waals surface area contributed by atoms with Crippen LogP contribution in [0.1, 0.15) is 6.42 Å². The zero-order chi connectivity index (χ0) is 8.27. The normalized spacial score (nSPS) is 26.8. The van der Waals surface area contributed by atoms with Crippen molar-refractivity contribution in [3.63, 3.8) is 0 Å². The zero-order valence-corrected chi connectivity index (χ0v) is 6.84.